The number of nitrogens with one attached hydrogen (secondary N) is 1. The Labute approximate surface area is 208 Å². The highest BCUT2D eigenvalue weighted by Gasteiger charge is 2.36. The van der Waals surface area contributed by atoms with Crippen molar-refractivity contribution in [1.82, 2.24) is 9.97 Å². The van der Waals surface area contributed by atoms with Gasteiger partial charge in [-0.05, 0) is 43.7 Å². The van der Waals surface area contributed by atoms with Gasteiger partial charge in [-0.3, -0.25) is 0 Å². The molecule has 0 spiro atoms. The summed E-state index contributed by atoms with van der Waals surface area (Å²) in [5.74, 6) is 0.0123. The Kier molecular flexibility index (Phi) is 5.29. The van der Waals surface area contributed by atoms with Gasteiger partial charge in [0.25, 0.3) is 0 Å². The van der Waals surface area contributed by atoms with Gasteiger partial charge in [-0.15, -0.1) is 0 Å². The van der Waals surface area contributed by atoms with Gasteiger partial charge in [-0.1, -0.05) is 48.5 Å². The van der Waals surface area contributed by atoms with E-state index in [1.54, 1.807) is 7.11 Å². The molecule has 2 heterocycles. The molecule has 0 amide bonds. The zero-order valence-corrected chi connectivity index (χ0v) is 20.3. The summed E-state index contributed by atoms with van der Waals surface area (Å²) in [5.41, 5.74) is 7.36. The SMILES string of the molecule is CCOC(=O)C1=C(C)Nc2c(c3nc4ccccc4nc3c3ccccc23)C1c1ccc(OC)cc1. The van der Waals surface area contributed by atoms with Crippen LogP contribution < -0.4 is 10.1 Å². The number of carbonyl (C=O) groups excluding carboxylic acids is 1. The maximum absolute atomic E-state index is 13.4. The van der Waals surface area contributed by atoms with Crippen molar-refractivity contribution < 1.29 is 14.3 Å². The maximum Gasteiger partial charge on any atom is 0.336 e. The molecule has 0 saturated carbocycles. The molecule has 0 saturated heterocycles. The van der Waals surface area contributed by atoms with Crippen molar-refractivity contribution in [3.63, 3.8) is 0 Å². The third kappa shape index (κ3) is 3.37. The van der Waals surface area contributed by atoms with Crippen molar-refractivity contribution in [3.05, 3.63) is 95.2 Å². The molecule has 6 rings (SSSR count). The van der Waals surface area contributed by atoms with E-state index in [9.17, 15) is 4.79 Å². The molecule has 1 atom stereocenters. The number of anilines is 1. The molecule has 0 bridgehead atoms. The van der Waals surface area contributed by atoms with Gasteiger partial charge in [0.05, 0.1) is 47.0 Å². The Morgan fingerprint density at radius 3 is 2.19 bits per heavy atom. The summed E-state index contributed by atoms with van der Waals surface area (Å²) < 4.78 is 10.9. The highest BCUT2D eigenvalue weighted by atomic mass is 16.5. The van der Waals surface area contributed by atoms with E-state index in [1.165, 1.54) is 0 Å². The normalized spacial score (nSPS) is 15.1. The molecule has 36 heavy (non-hydrogen) atoms. The lowest BCUT2D eigenvalue weighted by atomic mass is 9.78. The lowest BCUT2D eigenvalue weighted by Crippen LogP contribution is -2.25. The molecule has 1 aromatic heterocycles. The standard InChI is InChI=1S/C30H25N3O3/c1-4-36-30(34)24-17(2)31-27-20-9-5-6-10-21(20)28-29(33-23-12-8-7-11-22(23)32-28)26(27)25(24)18-13-15-19(35-3)16-14-18/h5-16,25,31H,4H2,1-3H3. The third-order valence-corrected chi connectivity index (χ3v) is 6.78. The van der Waals surface area contributed by atoms with Crippen LogP contribution in [0.4, 0.5) is 5.69 Å². The Hall–Kier alpha value is -4.45. The number of methoxy groups -OCH3 is 1. The third-order valence-electron chi connectivity index (χ3n) is 6.78. The van der Waals surface area contributed by atoms with E-state index in [2.05, 4.69) is 17.4 Å². The fourth-order valence-electron chi connectivity index (χ4n) is 5.19. The second-order valence-corrected chi connectivity index (χ2v) is 8.83. The molecule has 1 N–H and O–H groups in total. The molecule has 0 fully saturated rings. The number of esters is 1. The van der Waals surface area contributed by atoms with Crippen LogP contribution in [0, 0.1) is 0 Å². The van der Waals surface area contributed by atoms with Gasteiger partial charge in [-0.2, -0.15) is 0 Å². The average Bonchev–Trinajstić information content (AvgIpc) is 2.91. The van der Waals surface area contributed by atoms with Crippen molar-refractivity contribution in [2.75, 3.05) is 19.0 Å². The smallest absolute Gasteiger partial charge is 0.336 e. The monoisotopic (exact) mass is 475 g/mol. The molecule has 0 radical (unpaired) electrons. The van der Waals surface area contributed by atoms with E-state index in [0.717, 1.165) is 61.1 Å². The van der Waals surface area contributed by atoms with Crippen LogP contribution in [0.1, 0.15) is 30.9 Å². The molecule has 0 aliphatic carbocycles. The van der Waals surface area contributed by atoms with Gasteiger partial charge in [0, 0.05) is 28.0 Å². The van der Waals surface area contributed by atoms with Gasteiger partial charge in [0.1, 0.15) is 5.75 Å². The van der Waals surface area contributed by atoms with Crippen molar-refractivity contribution in [2.45, 2.75) is 19.8 Å². The predicted octanol–water partition coefficient (Wildman–Crippen LogP) is 6.34. The molecular weight excluding hydrogens is 450 g/mol. The minimum atomic E-state index is -0.395. The van der Waals surface area contributed by atoms with Crippen molar-refractivity contribution >= 4 is 44.5 Å². The summed E-state index contributed by atoms with van der Waals surface area (Å²) in [6.45, 7) is 4.04. The van der Waals surface area contributed by atoms with Crippen LogP contribution in [0.3, 0.4) is 0 Å². The van der Waals surface area contributed by atoms with Crippen molar-refractivity contribution in [3.8, 4) is 5.75 Å². The van der Waals surface area contributed by atoms with E-state index in [-0.39, 0.29) is 5.97 Å². The van der Waals surface area contributed by atoms with E-state index >= 15 is 0 Å². The zero-order valence-electron chi connectivity index (χ0n) is 20.3. The topological polar surface area (TPSA) is 73.3 Å². The number of fused-ring (bicyclic) bond motifs is 7. The second kappa shape index (κ2) is 8.64. The zero-order chi connectivity index (χ0) is 24.8. The molecule has 4 aromatic carbocycles. The van der Waals surface area contributed by atoms with E-state index in [4.69, 9.17) is 19.4 Å². The van der Waals surface area contributed by atoms with Gasteiger partial charge in [0.2, 0.25) is 0 Å². The van der Waals surface area contributed by atoms with Gasteiger partial charge in [0.15, 0.2) is 0 Å². The number of nitrogens with zero attached hydrogens (tertiary/aromatic N) is 2. The Balaban J connectivity index is 1.76. The van der Waals surface area contributed by atoms with Crippen LogP contribution in [0.2, 0.25) is 0 Å². The number of para-hydroxylation sites is 2. The molecule has 5 aromatic rings. The average molecular weight is 476 g/mol. The minimum absolute atomic E-state index is 0.292. The van der Waals surface area contributed by atoms with Crippen LogP contribution in [0.5, 0.6) is 5.75 Å². The van der Waals surface area contributed by atoms with Crippen LogP contribution in [-0.4, -0.2) is 29.7 Å². The highest BCUT2D eigenvalue weighted by Crippen LogP contribution is 2.48. The van der Waals surface area contributed by atoms with Crippen LogP contribution in [0.15, 0.2) is 84.1 Å². The number of rotatable bonds is 4. The summed E-state index contributed by atoms with van der Waals surface area (Å²) in [6, 6.07) is 23.9. The number of hydrogen-bond acceptors (Lipinski definition) is 6. The van der Waals surface area contributed by atoms with E-state index in [0.29, 0.717) is 12.2 Å². The van der Waals surface area contributed by atoms with Gasteiger partial charge >= 0.3 is 5.97 Å². The number of carbonyl (C=O) groups is 1. The highest BCUT2D eigenvalue weighted by molar-refractivity contribution is 6.15. The Morgan fingerprint density at radius 1 is 0.889 bits per heavy atom. The molecule has 6 nitrogen and oxygen atoms in total. The van der Waals surface area contributed by atoms with Crippen LogP contribution in [0.25, 0.3) is 32.8 Å². The van der Waals surface area contributed by atoms with Crippen molar-refractivity contribution in [2.24, 2.45) is 0 Å². The van der Waals surface area contributed by atoms with Gasteiger partial charge in [-0.25, -0.2) is 14.8 Å². The quantitative estimate of drug-likeness (QED) is 0.186. The number of hydrogen-bond donors (Lipinski definition) is 1. The van der Waals surface area contributed by atoms with Crippen molar-refractivity contribution in [1.29, 1.82) is 0 Å². The van der Waals surface area contributed by atoms with Gasteiger partial charge < -0.3 is 14.8 Å². The first-order chi connectivity index (χ1) is 17.6. The fourth-order valence-corrected chi connectivity index (χ4v) is 5.19. The first-order valence-corrected chi connectivity index (χ1v) is 12.0. The molecular formula is C30H25N3O3. The van der Waals surface area contributed by atoms with Crippen LogP contribution in [-0.2, 0) is 9.53 Å². The number of allylic oxidation sites excluding steroid dienone is 1. The van der Waals surface area contributed by atoms with E-state index in [1.807, 2.05) is 74.5 Å². The summed E-state index contributed by atoms with van der Waals surface area (Å²) in [6.07, 6.45) is 0. The molecule has 1 aliphatic heterocycles. The second-order valence-electron chi connectivity index (χ2n) is 8.83. The molecule has 178 valence electrons. The summed E-state index contributed by atoms with van der Waals surface area (Å²) in [7, 11) is 1.64. The fraction of sp³-hybridized carbons (Fsp3) is 0.167. The number of ether oxygens (including phenoxy) is 2. The first-order valence-electron chi connectivity index (χ1n) is 12.0. The first kappa shape index (κ1) is 22.0. The van der Waals surface area contributed by atoms with E-state index < -0.39 is 5.92 Å². The minimum Gasteiger partial charge on any atom is -0.497 e. The van der Waals surface area contributed by atoms with Crippen LogP contribution >= 0.6 is 0 Å². The number of benzene rings is 4. The Bertz CT molecular complexity index is 1690. The molecule has 1 aliphatic rings. The summed E-state index contributed by atoms with van der Waals surface area (Å²) in [4.78, 5) is 23.5. The largest absolute Gasteiger partial charge is 0.497 e. The summed E-state index contributed by atoms with van der Waals surface area (Å²) in [5, 5.41) is 5.59. The molecule has 6 heteroatoms. The number of aromatic nitrogens is 2. The summed E-state index contributed by atoms with van der Waals surface area (Å²) >= 11 is 0. The predicted molar refractivity (Wildman–Crippen MR) is 142 cm³/mol. The maximum atomic E-state index is 13.4. The molecule has 1 unspecified atom stereocenters. The lowest BCUT2D eigenvalue weighted by molar-refractivity contribution is -0.138. The Morgan fingerprint density at radius 2 is 1.53 bits per heavy atom. The lowest BCUT2D eigenvalue weighted by Gasteiger charge is -2.32.